The lowest BCUT2D eigenvalue weighted by molar-refractivity contribution is -0.127. The third-order valence-electron chi connectivity index (χ3n) is 3.15. The number of hydrogen-bond donors (Lipinski definition) is 3. The number of nitrogens with one attached hydrogen (secondary N) is 3. The van der Waals surface area contributed by atoms with Gasteiger partial charge in [-0.1, -0.05) is 18.2 Å². The van der Waals surface area contributed by atoms with Crippen LogP contribution in [0, 0.1) is 5.92 Å². The van der Waals surface area contributed by atoms with Crippen molar-refractivity contribution >= 4 is 17.5 Å². The minimum atomic E-state index is -0.205. The van der Waals surface area contributed by atoms with Crippen LogP contribution < -0.4 is 16.0 Å². The van der Waals surface area contributed by atoms with Gasteiger partial charge in [0.05, 0.1) is 12.5 Å². The molecule has 1 aliphatic heterocycles. The minimum Gasteiger partial charge on any atom is -0.347 e. The van der Waals surface area contributed by atoms with E-state index in [2.05, 4.69) is 16.0 Å². The van der Waals surface area contributed by atoms with Crippen molar-refractivity contribution in [3.05, 3.63) is 30.3 Å². The van der Waals surface area contributed by atoms with E-state index in [4.69, 9.17) is 0 Å². The van der Waals surface area contributed by atoms with Crippen LogP contribution in [0.4, 0.5) is 5.69 Å². The number of piperidine rings is 1. The van der Waals surface area contributed by atoms with Gasteiger partial charge in [-0.15, -0.1) is 0 Å². The van der Waals surface area contributed by atoms with Gasteiger partial charge < -0.3 is 16.0 Å². The molecule has 102 valence electrons. The summed E-state index contributed by atoms with van der Waals surface area (Å²) >= 11 is 0. The molecule has 0 aliphatic carbocycles. The van der Waals surface area contributed by atoms with Gasteiger partial charge in [0, 0.05) is 12.2 Å². The van der Waals surface area contributed by atoms with E-state index in [1.54, 1.807) is 0 Å². The Morgan fingerprint density at radius 2 is 2.05 bits per heavy atom. The monoisotopic (exact) mass is 261 g/mol. The van der Waals surface area contributed by atoms with E-state index < -0.39 is 0 Å². The van der Waals surface area contributed by atoms with Gasteiger partial charge in [0.15, 0.2) is 0 Å². The predicted molar refractivity (Wildman–Crippen MR) is 73.7 cm³/mol. The standard InChI is InChI=1S/C14H19N3O2/c18-13(17-12-6-2-1-3-7-12)10-16-14(19)11-5-4-8-15-9-11/h1-3,6-7,11,15H,4-5,8-10H2,(H,16,19)(H,17,18). The maximum atomic E-state index is 11.8. The van der Waals surface area contributed by atoms with E-state index in [9.17, 15) is 9.59 Å². The highest BCUT2D eigenvalue weighted by molar-refractivity contribution is 5.94. The predicted octanol–water partition coefficient (Wildman–Crippen LogP) is 0.741. The number of amides is 2. The van der Waals surface area contributed by atoms with Gasteiger partial charge >= 0.3 is 0 Å². The van der Waals surface area contributed by atoms with E-state index in [-0.39, 0.29) is 24.3 Å². The van der Waals surface area contributed by atoms with Crippen molar-refractivity contribution in [2.75, 3.05) is 25.0 Å². The molecule has 0 radical (unpaired) electrons. The third kappa shape index (κ3) is 4.37. The molecule has 0 spiro atoms. The van der Waals surface area contributed by atoms with Gasteiger partial charge in [0.25, 0.3) is 0 Å². The average molecular weight is 261 g/mol. The Labute approximate surface area is 112 Å². The van der Waals surface area contributed by atoms with Crippen LogP contribution in [0.2, 0.25) is 0 Å². The molecule has 1 fully saturated rings. The second kappa shape index (κ2) is 6.89. The molecule has 1 atom stereocenters. The molecule has 2 rings (SSSR count). The Morgan fingerprint density at radius 1 is 1.26 bits per heavy atom. The van der Waals surface area contributed by atoms with Crippen molar-refractivity contribution in [1.82, 2.24) is 10.6 Å². The molecule has 0 saturated carbocycles. The lowest BCUT2D eigenvalue weighted by Crippen LogP contribution is -2.42. The lowest BCUT2D eigenvalue weighted by Gasteiger charge is -2.21. The third-order valence-corrected chi connectivity index (χ3v) is 3.15. The van der Waals surface area contributed by atoms with Crippen LogP contribution in [0.1, 0.15) is 12.8 Å². The lowest BCUT2D eigenvalue weighted by atomic mass is 9.99. The first-order valence-corrected chi connectivity index (χ1v) is 6.59. The number of carbonyl (C=O) groups is 2. The summed E-state index contributed by atoms with van der Waals surface area (Å²) in [6.07, 6.45) is 1.90. The van der Waals surface area contributed by atoms with E-state index in [1.807, 2.05) is 30.3 Å². The van der Waals surface area contributed by atoms with Crippen LogP contribution >= 0.6 is 0 Å². The van der Waals surface area contributed by atoms with Crippen molar-refractivity contribution in [2.45, 2.75) is 12.8 Å². The van der Waals surface area contributed by atoms with Crippen molar-refractivity contribution in [1.29, 1.82) is 0 Å². The summed E-state index contributed by atoms with van der Waals surface area (Å²) in [4.78, 5) is 23.5. The first-order chi connectivity index (χ1) is 9.25. The molecular weight excluding hydrogens is 242 g/mol. The maximum Gasteiger partial charge on any atom is 0.243 e. The smallest absolute Gasteiger partial charge is 0.243 e. The van der Waals surface area contributed by atoms with Gasteiger partial charge in [-0.25, -0.2) is 0 Å². The fourth-order valence-electron chi connectivity index (χ4n) is 2.11. The van der Waals surface area contributed by atoms with E-state index in [1.165, 1.54) is 0 Å². The summed E-state index contributed by atoms with van der Waals surface area (Å²) < 4.78 is 0. The number of anilines is 1. The molecule has 1 aromatic carbocycles. The van der Waals surface area contributed by atoms with Crippen molar-refractivity contribution in [3.63, 3.8) is 0 Å². The van der Waals surface area contributed by atoms with Gasteiger partial charge in [0.2, 0.25) is 11.8 Å². The molecule has 3 N–H and O–H groups in total. The molecule has 19 heavy (non-hydrogen) atoms. The van der Waals surface area contributed by atoms with Crippen LogP contribution in [-0.4, -0.2) is 31.4 Å². The van der Waals surface area contributed by atoms with Gasteiger partial charge in [0.1, 0.15) is 0 Å². The quantitative estimate of drug-likeness (QED) is 0.748. The second-order valence-corrected chi connectivity index (χ2v) is 4.68. The summed E-state index contributed by atoms with van der Waals surface area (Å²) in [6, 6.07) is 9.20. The molecule has 2 amide bonds. The van der Waals surface area contributed by atoms with Crippen LogP contribution in [-0.2, 0) is 9.59 Å². The zero-order valence-corrected chi connectivity index (χ0v) is 10.8. The molecular formula is C14H19N3O2. The first kappa shape index (κ1) is 13.5. The van der Waals surface area contributed by atoms with Crippen LogP contribution in [0.25, 0.3) is 0 Å². The van der Waals surface area contributed by atoms with Crippen molar-refractivity contribution in [3.8, 4) is 0 Å². The fourth-order valence-corrected chi connectivity index (χ4v) is 2.11. The average Bonchev–Trinajstić information content (AvgIpc) is 2.47. The van der Waals surface area contributed by atoms with E-state index >= 15 is 0 Å². The molecule has 0 bridgehead atoms. The van der Waals surface area contributed by atoms with E-state index in [0.717, 1.165) is 25.1 Å². The highest BCUT2D eigenvalue weighted by Gasteiger charge is 2.20. The summed E-state index contributed by atoms with van der Waals surface area (Å²) in [5, 5.41) is 8.59. The van der Waals surface area contributed by atoms with Gasteiger partial charge in [-0.3, -0.25) is 9.59 Å². The molecule has 5 heteroatoms. The number of para-hydroxylation sites is 1. The Hall–Kier alpha value is -1.88. The van der Waals surface area contributed by atoms with Crippen molar-refractivity contribution < 1.29 is 9.59 Å². The number of hydrogen-bond acceptors (Lipinski definition) is 3. The van der Waals surface area contributed by atoms with Gasteiger partial charge in [-0.05, 0) is 31.5 Å². The number of rotatable bonds is 4. The second-order valence-electron chi connectivity index (χ2n) is 4.68. The first-order valence-electron chi connectivity index (χ1n) is 6.59. The summed E-state index contributed by atoms with van der Waals surface area (Å²) in [6.45, 7) is 1.69. The summed E-state index contributed by atoms with van der Waals surface area (Å²) in [5.74, 6) is -0.267. The van der Waals surface area contributed by atoms with Crippen LogP contribution in [0.3, 0.4) is 0 Å². The molecule has 1 heterocycles. The zero-order valence-electron chi connectivity index (χ0n) is 10.8. The zero-order chi connectivity index (χ0) is 13.5. The van der Waals surface area contributed by atoms with Crippen molar-refractivity contribution in [2.24, 2.45) is 5.92 Å². The highest BCUT2D eigenvalue weighted by Crippen LogP contribution is 2.09. The van der Waals surface area contributed by atoms with Crippen LogP contribution in [0.5, 0.6) is 0 Å². The van der Waals surface area contributed by atoms with Crippen LogP contribution in [0.15, 0.2) is 30.3 Å². The topological polar surface area (TPSA) is 70.2 Å². The number of carbonyl (C=O) groups excluding carboxylic acids is 2. The molecule has 5 nitrogen and oxygen atoms in total. The Balaban J connectivity index is 1.72. The molecule has 1 saturated heterocycles. The number of benzene rings is 1. The van der Waals surface area contributed by atoms with E-state index in [0.29, 0.717) is 6.54 Å². The summed E-state index contributed by atoms with van der Waals surface area (Å²) in [7, 11) is 0. The largest absolute Gasteiger partial charge is 0.347 e. The summed E-state index contributed by atoms with van der Waals surface area (Å²) in [5.41, 5.74) is 0.737. The van der Waals surface area contributed by atoms with Gasteiger partial charge in [-0.2, -0.15) is 0 Å². The maximum absolute atomic E-state index is 11.8. The Bertz CT molecular complexity index is 428. The highest BCUT2D eigenvalue weighted by atomic mass is 16.2. The molecule has 0 aromatic heterocycles. The Morgan fingerprint density at radius 3 is 2.74 bits per heavy atom. The Kier molecular flexibility index (Phi) is 4.92. The normalized spacial score (nSPS) is 18.6. The molecule has 1 unspecified atom stereocenters. The molecule has 1 aliphatic rings. The SMILES string of the molecule is O=C(CNC(=O)C1CCCNC1)Nc1ccccc1. The molecule has 1 aromatic rings. The fraction of sp³-hybridized carbons (Fsp3) is 0.429. The minimum absolute atomic E-state index is 0.0155.